The summed E-state index contributed by atoms with van der Waals surface area (Å²) in [4.78, 5) is 1.39. The fourth-order valence-electron chi connectivity index (χ4n) is 1.88. The van der Waals surface area contributed by atoms with Gasteiger partial charge in [-0.1, -0.05) is 12.1 Å². The molecule has 3 heteroatoms. The summed E-state index contributed by atoms with van der Waals surface area (Å²) in [7, 11) is 0. The van der Waals surface area contributed by atoms with Crippen LogP contribution in [0.3, 0.4) is 0 Å². The monoisotopic (exact) mass is 240 g/mol. The minimum Gasteiger partial charge on any atom is -0.388 e. The molecule has 1 N–H and O–H groups in total. The lowest BCUT2D eigenvalue weighted by Crippen LogP contribution is -2.03. The van der Waals surface area contributed by atoms with Gasteiger partial charge in [0.15, 0.2) is 0 Å². The van der Waals surface area contributed by atoms with E-state index in [-0.39, 0.29) is 6.10 Å². The molecule has 0 aromatic heterocycles. The molecule has 0 radical (unpaired) electrons. The van der Waals surface area contributed by atoms with Crippen molar-refractivity contribution in [3.8, 4) is 0 Å². The van der Waals surface area contributed by atoms with Crippen LogP contribution in [-0.2, 0) is 6.42 Å². The SMILES string of the molecule is OC(CCS)c1ccc2c(c1)CCCS2. The number of hydrogen-bond donors (Lipinski definition) is 2. The highest BCUT2D eigenvalue weighted by Gasteiger charge is 2.13. The smallest absolute Gasteiger partial charge is 0.0797 e. The van der Waals surface area contributed by atoms with Crippen molar-refractivity contribution in [2.24, 2.45) is 0 Å². The predicted octanol–water partition coefficient (Wildman–Crippen LogP) is 3.08. The summed E-state index contributed by atoms with van der Waals surface area (Å²) in [5.74, 6) is 1.96. The normalized spacial score (nSPS) is 17.2. The van der Waals surface area contributed by atoms with E-state index < -0.39 is 0 Å². The molecule has 0 amide bonds. The first-order chi connectivity index (χ1) is 7.31. The molecule has 1 heterocycles. The highest BCUT2D eigenvalue weighted by molar-refractivity contribution is 7.99. The molecule has 1 nitrogen and oxygen atoms in total. The third-order valence-corrected chi connectivity index (χ3v) is 4.18. The zero-order valence-corrected chi connectivity index (χ0v) is 10.4. The van der Waals surface area contributed by atoms with Crippen molar-refractivity contribution in [2.75, 3.05) is 11.5 Å². The minimum absolute atomic E-state index is 0.347. The molecule has 0 aliphatic carbocycles. The van der Waals surface area contributed by atoms with Crippen molar-refractivity contribution in [3.05, 3.63) is 29.3 Å². The maximum Gasteiger partial charge on any atom is 0.0797 e. The highest BCUT2D eigenvalue weighted by Crippen LogP contribution is 2.32. The van der Waals surface area contributed by atoms with Gasteiger partial charge in [0, 0.05) is 4.90 Å². The Bertz CT molecular complexity index is 338. The minimum atomic E-state index is -0.347. The maximum atomic E-state index is 9.87. The Labute approximate surface area is 101 Å². The molecule has 1 aliphatic heterocycles. The van der Waals surface area contributed by atoms with Crippen LogP contribution >= 0.6 is 24.4 Å². The number of fused-ring (bicyclic) bond motifs is 1. The number of aliphatic hydroxyl groups excluding tert-OH is 1. The molecule has 2 rings (SSSR count). The second-order valence-corrected chi connectivity index (χ2v) is 5.43. The molecule has 0 spiro atoms. The number of aliphatic hydroxyl groups is 1. The van der Waals surface area contributed by atoms with Crippen LogP contribution in [0.2, 0.25) is 0 Å². The molecule has 1 atom stereocenters. The van der Waals surface area contributed by atoms with Crippen LogP contribution in [0.25, 0.3) is 0 Å². The van der Waals surface area contributed by atoms with Crippen LogP contribution < -0.4 is 0 Å². The summed E-state index contributed by atoms with van der Waals surface area (Å²) < 4.78 is 0. The van der Waals surface area contributed by atoms with Crippen LogP contribution in [0.15, 0.2) is 23.1 Å². The van der Waals surface area contributed by atoms with E-state index in [1.807, 2.05) is 17.8 Å². The average molecular weight is 240 g/mol. The predicted molar refractivity (Wildman–Crippen MR) is 68.9 cm³/mol. The number of benzene rings is 1. The molecule has 0 saturated carbocycles. The lowest BCUT2D eigenvalue weighted by molar-refractivity contribution is 0.175. The molecule has 0 fully saturated rings. The summed E-state index contributed by atoms with van der Waals surface area (Å²) in [6.45, 7) is 0. The second kappa shape index (κ2) is 5.28. The summed E-state index contributed by atoms with van der Waals surface area (Å²) in [6.07, 6.45) is 2.79. The average Bonchev–Trinajstić information content (AvgIpc) is 2.29. The van der Waals surface area contributed by atoms with Crippen LogP contribution in [0.1, 0.15) is 30.1 Å². The van der Waals surface area contributed by atoms with E-state index in [1.54, 1.807) is 0 Å². The molecule has 1 aliphatic rings. The van der Waals surface area contributed by atoms with E-state index >= 15 is 0 Å². The van der Waals surface area contributed by atoms with Crippen molar-refractivity contribution in [2.45, 2.75) is 30.3 Å². The Kier molecular flexibility index (Phi) is 4.00. The van der Waals surface area contributed by atoms with Gasteiger partial charge in [-0.25, -0.2) is 0 Å². The zero-order valence-electron chi connectivity index (χ0n) is 8.65. The third kappa shape index (κ3) is 2.71. The summed E-state index contributed by atoms with van der Waals surface area (Å²) in [5.41, 5.74) is 2.45. The van der Waals surface area contributed by atoms with Gasteiger partial charge in [0.1, 0.15) is 0 Å². The number of thioether (sulfide) groups is 1. The van der Waals surface area contributed by atoms with Crippen molar-refractivity contribution in [1.29, 1.82) is 0 Å². The van der Waals surface area contributed by atoms with Gasteiger partial charge in [0.2, 0.25) is 0 Å². The lowest BCUT2D eigenvalue weighted by Gasteiger charge is -2.18. The maximum absolute atomic E-state index is 9.87. The molecule has 1 unspecified atom stereocenters. The van der Waals surface area contributed by atoms with Crippen molar-refractivity contribution < 1.29 is 5.11 Å². The molecular formula is C12H16OS2. The summed E-state index contributed by atoms with van der Waals surface area (Å²) >= 11 is 6.07. The fourth-order valence-corrected chi connectivity index (χ4v) is 3.14. The zero-order chi connectivity index (χ0) is 10.7. The van der Waals surface area contributed by atoms with Crippen LogP contribution in [0.5, 0.6) is 0 Å². The van der Waals surface area contributed by atoms with Gasteiger partial charge in [0.05, 0.1) is 6.10 Å². The van der Waals surface area contributed by atoms with Gasteiger partial charge in [-0.15, -0.1) is 11.8 Å². The van der Waals surface area contributed by atoms with E-state index in [0.717, 1.165) is 24.2 Å². The van der Waals surface area contributed by atoms with Crippen LogP contribution in [0.4, 0.5) is 0 Å². The van der Waals surface area contributed by atoms with Gasteiger partial charge < -0.3 is 5.11 Å². The number of thiol groups is 1. The lowest BCUT2D eigenvalue weighted by atomic mass is 10.0. The first kappa shape index (κ1) is 11.4. The molecule has 0 saturated heterocycles. The van der Waals surface area contributed by atoms with E-state index in [2.05, 4.69) is 24.8 Å². The Balaban J connectivity index is 2.20. The molecule has 82 valence electrons. The van der Waals surface area contributed by atoms with Crippen LogP contribution in [0, 0.1) is 0 Å². The van der Waals surface area contributed by atoms with E-state index in [0.29, 0.717) is 0 Å². The number of rotatable bonds is 3. The standard InChI is InChI=1S/C12H16OS2/c13-11(5-6-14)9-3-4-12-10(8-9)2-1-7-15-12/h3-4,8,11,13-14H,1-2,5-7H2. The largest absolute Gasteiger partial charge is 0.388 e. The summed E-state index contributed by atoms with van der Waals surface area (Å²) in [5, 5.41) is 9.87. The Morgan fingerprint density at radius 1 is 1.47 bits per heavy atom. The molecule has 15 heavy (non-hydrogen) atoms. The van der Waals surface area contributed by atoms with Crippen molar-refractivity contribution in [1.82, 2.24) is 0 Å². The first-order valence-corrected chi connectivity index (χ1v) is 6.97. The number of hydrogen-bond acceptors (Lipinski definition) is 3. The quantitative estimate of drug-likeness (QED) is 0.792. The Morgan fingerprint density at radius 2 is 2.33 bits per heavy atom. The van der Waals surface area contributed by atoms with Gasteiger partial charge in [-0.05, 0) is 48.0 Å². The van der Waals surface area contributed by atoms with E-state index in [1.165, 1.54) is 22.6 Å². The fraction of sp³-hybridized carbons (Fsp3) is 0.500. The Hall–Kier alpha value is -0.120. The number of aryl methyl sites for hydroxylation is 1. The van der Waals surface area contributed by atoms with Crippen molar-refractivity contribution >= 4 is 24.4 Å². The molecule has 1 aromatic carbocycles. The molecular weight excluding hydrogens is 224 g/mol. The van der Waals surface area contributed by atoms with Crippen LogP contribution in [-0.4, -0.2) is 16.6 Å². The third-order valence-electron chi connectivity index (χ3n) is 2.72. The molecule has 1 aromatic rings. The van der Waals surface area contributed by atoms with Gasteiger partial charge in [0.25, 0.3) is 0 Å². The van der Waals surface area contributed by atoms with Crippen molar-refractivity contribution in [3.63, 3.8) is 0 Å². The van der Waals surface area contributed by atoms with E-state index in [4.69, 9.17) is 0 Å². The van der Waals surface area contributed by atoms with Gasteiger partial charge in [-0.3, -0.25) is 0 Å². The second-order valence-electron chi connectivity index (χ2n) is 3.85. The topological polar surface area (TPSA) is 20.2 Å². The summed E-state index contributed by atoms with van der Waals surface area (Å²) in [6, 6.07) is 6.36. The van der Waals surface area contributed by atoms with Gasteiger partial charge in [-0.2, -0.15) is 12.6 Å². The molecule has 0 bridgehead atoms. The highest BCUT2D eigenvalue weighted by atomic mass is 32.2. The Morgan fingerprint density at radius 3 is 3.13 bits per heavy atom. The first-order valence-electron chi connectivity index (χ1n) is 5.36. The van der Waals surface area contributed by atoms with Gasteiger partial charge >= 0.3 is 0 Å². The van der Waals surface area contributed by atoms with E-state index in [9.17, 15) is 5.11 Å².